The lowest BCUT2D eigenvalue weighted by molar-refractivity contribution is -0.149. The number of rotatable bonds is 18. The van der Waals surface area contributed by atoms with Crippen molar-refractivity contribution in [1.82, 2.24) is 20.9 Å². The fourth-order valence-corrected chi connectivity index (χ4v) is 4.58. The van der Waals surface area contributed by atoms with Crippen LogP contribution in [0.3, 0.4) is 0 Å². The molecule has 1 rings (SSSR count). The first-order valence-electron chi connectivity index (χ1n) is 14.2. The van der Waals surface area contributed by atoms with Gasteiger partial charge in [-0.15, -0.1) is 0 Å². The lowest BCUT2D eigenvalue weighted by Gasteiger charge is -2.28. The number of hydrogen-bond donors (Lipinski definition) is 8. The van der Waals surface area contributed by atoms with Crippen LogP contribution in [0.25, 0.3) is 0 Å². The molecule has 0 unspecified atom stereocenters. The lowest BCUT2D eigenvalue weighted by Crippen LogP contribution is -2.57. The molecule has 234 valence electrons. The van der Waals surface area contributed by atoms with Crippen molar-refractivity contribution < 1.29 is 29.1 Å². The van der Waals surface area contributed by atoms with Gasteiger partial charge in [0.15, 0.2) is 5.96 Å². The van der Waals surface area contributed by atoms with E-state index in [0.29, 0.717) is 45.1 Å². The van der Waals surface area contributed by atoms with Gasteiger partial charge < -0.3 is 48.9 Å². The zero-order valence-corrected chi connectivity index (χ0v) is 24.4. The number of carboxylic acids is 1. The Morgan fingerprint density at radius 2 is 1.56 bits per heavy atom. The first kappa shape index (κ1) is 35.6. The Kier molecular flexibility index (Phi) is 15.7. The number of amides is 4. The van der Waals surface area contributed by atoms with Gasteiger partial charge in [0.05, 0.1) is 6.04 Å². The highest BCUT2D eigenvalue weighted by Crippen LogP contribution is 2.20. The Bertz CT molecular complexity index is 925. The van der Waals surface area contributed by atoms with E-state index in [1.165, 1.54) is 11.8 Å². The molecular weight excluding hydrogens is 534 g/mol. The minimum Gasteiger partial charge on any atom is -0.480 e. The van der Waals surface area contributed by atoms with Gasteiger partial charge in [-0.25, -0.2) is 4.79 Å². The molecule has 0 aromatic carbocycles. The van der Waals surface area contributed by atoms with E-state index in [0.717, 1.165) is 0 Å². The van der Waals surface area contributed by atoms with Crippen molar-refractivity contribution in [1.29, 1.82) is 0 Å². The summed E-state index contributed by atoms with van der Waals surface area (Å²) in [5.74, 6) is -3.25. The monoisotopic (exact) mass is 583 g/mol. The summed E-state index contributed by atoms with van der Waals surface area (Å²) in [5, 5.41) is 17.4. The number of unbranched alkanes of at least 4 members (excludes halogenated alkanes) is 1. The minimum atomic E-state index is -1.09. The van der Waals surface area contributed by atoms with Crippen LogP contribution in [0, 0.1) is 5.92 Å². The number of carbonyl (C=O) groups excluding carboxylic acids is 4. The van der Waals surface area contributed by atoms with Gasteiger partial charge >= 0.3 is 5.97 Å². The van der Waals surface area contributed by atoms with Crippen molar-refractivity contribution in [3.63, 3.8) is 0 Å². The number of carbonyl (C=O) groups is 5. The summed E-state index contributed by atoms with van der Waals surface area (Å²) < 4.78 is 0. The van der Waals surface area contributed by atoms with Crippen LogP contribution >= 0.6 is 0 Å². The molecule has 1 aliphatic heterocycles. The van der Waals surface area contributed by atoms with Crippen molar-refractivity contribution in [2.24, 2.45) is 33.8 Å². The molecule has 0 saturated carbocycles. The summed E-state index contributed by atoms with van der Waals surface area (Å²) in [7, 11) is 0. The SMILES string of the molecule is CC(C)C[C@@H](N)C(=O)N[C@@H](CCCN=C(N)N)C(=O)N[C@H](C)C(=O)N[C@H](CCCCN)C(=O)N1CCC[C@@H]1C(=O)O. The van der Waals surface area contributed by atoms with E-state index >= 15 is 0 Å². The highest BCUT2D eigenvalue weighted by atomic mass is 16.4. The van der Waals surface area contributed by atoms with E-state index in [1.54, 1.807) is 0 Å². The number of likely N-dealkylation sites (tertiary alicyclic amines) is 1. The standard InChI is InChI=1S/C26H49N9O6/c1-15(2)14-17(28)22(37)33-18(9-6-12-31-26(29)30)23(38)32-16(3)21(36)34-19(8-4-5-11-27)24(39)35-13-7-10-20(35)25(40)41/h15-20H,4-14,27-28H2,1-3H3,(H,32,38)(H,33,37)(H,34,36)(H,40,41)(H4,29,30,31)/t16-,17-,18+,19-,20-/m1/s1. The molecule has 15 heteroatoms. The van der Waals surface area contributed by atoms with E-state index in [-0.39, 0.29) is 37.8 Å². The number of nitrogens with one attached hydrogen (secondary N) is 3. The zero-order chi connectivity index (χ0) is 31.1. The van der Waals surface area contributed by atoms with Crippen LogP contribution in [-0.2, 0) is 24.0 Å². The van der Waals surface area contributed by atoms with Crippen LogP contribution in [0.5, 0.6) is 0 Å². The summed E-state index contributed by atoms with van der Waals surface area (Å²) in [6.45, 7) is 6.22. The Morgan fingerprint density at radius 1 is 0.927 bits per heavy atom. The molecule has 12 N–H and O–H groups in total. The largest absolute Gasteiger partial charge is 0.480 e. The van der Waals surface area contributed by atoms with Crippen molar-refractivity contribution in [3.8, 4) is 0 Å². The Morgan fingerprint density at radius 3 is 2.15 bits per heavy atom. The quantitative estimate of drug-likeness (QED) is 0.0504. The van der Waals surface area contributed by atoms with Gasteiger partial charge in [-0.2, -0.15) is 0 Å². The number of carboxylic acid groups (broad SMARTS) is 1. The Balaban J connectivity index is 2.94. The van der Waals surface area contributed by atoms with Gasteiger partial charge in [0.2, 0.25) is 23.6 Å². The molecule has 5 atom stereocenters. The van der Waals surface area contributed by atoms with E-state index < -0.39 is 59.8 Å². The molecule has 1 heterocycles. The maximum absolute atomic E-state index is 13.2. The molecular formula is C26H49N9O6. The number of aliphatic imine (C=N–C) groups is 1. The molecule has 0 aromatic rings. The molecule has 4 amide bonds. The van der Waals surface area contributed by atoms with Crippen LogP contribution < -0.4 is 38.9 Å². The van der Waals surface area contributed by atoms with E-state index in [9.17, 15) is 29.1 Å². The highest BCUT2D eigenvalue weighted by molar-refractivity contribution is 5.95. The Hall–Kier alpha value is -3.46. The molecule has 0 spiro atoms. The number of hydrogen-bond acceptors (Lipinski definition) is 8. The highest BCUT2D eigenvalue weighted by Gasteiger charge is 2.38. The van der Waals surface area contributed by atoms with Crippen molar-refractivity contribution in [2.75, 3.05) is 19.6 Å². The van der Waals surface area contributed by atoms with E-state index in [4.69, 9.17) is 22.9 Å². The van der Waals surface area contributed by atoms with Gasteiger partial charge in [-0.05, 0) is 70.8 Å². The zero-order valence-electron chi connectivity index (χ0n) is 24.4. The summed E-state index contributed by atoms with van der Waals surface area (Å²) in [6, 6.07) is -4.81. The van der Waals surface area contributed by atoms with Crippen molar-refractivity contribution in [3.05, 3.63) is 0 Å². The average Bonchev–Trinajstić information content (AvgIpc) is 3.39. The number of nitrogens with two attached hydrogens (primary N) is 4. The maximum Gasteiger partial charge on any atom is 0.326 e. The lowest BCUT2D eigenvalue weighted by atomic mass is 10.0. The maximum atomic E-state index is 13.2. The van der Waals surface area contributed by atoms with Gasteiger partial charge in [0.25, 0.3) is 0 Å². The summed E-state index contributed by atoms with van der Waals surface area (Å²) in [5.41, 5.74) is 22.3. The fourth-order valence-electron chi connectivity index (χ4n) is 4.58. The van der Waals surface area contributed by atoms with Crippen LogP contribution in [0.2, 0.25) is 0 Å². The molecule has 1 saturated heterocycles. The summed E-state index contributed by atoms with van der Waals surface area (Å²) in [6.07, 6.45) is 3.30. The molecule has 0 radical (unpaired) electrons. The molecule has 0 aromatic heterocycles. The second kappa shape index (κ2) is 18.1. The second-order valence-electron chi connectivity index (χ2n) is 10.8. The molecule has 15 nitrogen and oxygen atoms in total. The molecule has 1 fully saturated rings. The predicted molar refractivity (Wildman–Crippen MR) is 154 cm³/mol. The number of aliphatic carboxylic acids is 1. The first-order valence-corrected chi connectivity index (χ1v) is 14.2. The van der Waals surface area contributed by atoms with Crippen LogP contribution in [0.15, 0.2) is 4.99 Å². The van der Waals surface area contributed by atoms with Crippen LogP contribution in [0.4, 0.5) is 0 Å². The van der Waals surface area contributed by atoms with Crippen molar-refractivity contribution >= 4 is 35.6 Å². The molecule has 1 aliphatic rings. The molecule has 0 bridgehead atoms. The average molecular weight is 584 g/mol. The third-order valence-electron chi connectivity index (χ3n) is 6.77. The topological polar surface area (TPSA) is 261 Å². The molecule has 0 aliphatic carbocycles. The van der Waals surface area contributed by atoms with E-state index in [1.807, 2.05) is 13.8 Å². The summed E-state index contributed by atoms with van der Waals surface area (Å²) >= 11 is 0. The normalized spacial score (nSPS) is 17.7. The van der Waals surface area contributed by atoms with Gasteiger partial charge in [-0.1, -0.05) is 13.8 Å². The third kappa shape index (κ3) is 12.7. The summed E-state index contributed by atoms with van der Waals surface area (Å²) in [4.78, 5) is 68.9. The minimum absolute atomic E-state index is 0.0987. The van der Waals surface area contributed by atoms with Gasteiger partial charge in [0, 0.05) is 13.1 Å². The van der Waals surface area contributed by atoms with Crippen LogP contribution in [-0.4, -0.2) is 95.4 Å². The van der Waals surface area contributed by atoms with Gasteiger partial charge in [0.1, 0.15) is 24.2 Å². The smallest absolute Gasteiger partial charge is 0.326 e. The van der Waals surface area contributed by atoms with Crippen molar-refractivity contribution in [2.45, 2.75) is 102 Å². The fraction of sp³-hybridized carbons (Fsp3) is 0.769. The van der Waals surface area contributed by atoms with Crippen LogP contribution in [0.1, 0.15) is 72.1 Å². The number of guanidine groups is 1. The Labute approximate surface area is 241 Å². The van der Waals surface area contributed by atoms with Gasteiger partial charge in [-0.3, -0.25) is 24.2 Å². The third-order valence-corrected chi connectivity index (χ3v) is 6.77. The molecule has 41 heavy (non-hydrogen) atoms. The predicted octanol–water partition coefficient (Wildman–Crippen LogP) is -1.91. The second-order valence-corrected chi connectivity index (χ2v) is 10.8. The first-order chi connectivity index (χ1) is 19.3. The number of nitrogens with zero attached hydrogens (tertiary/aromatic N) is 2. The van der Waals surface area contributed by atoms with E-state index in [2.05, 4.69) is 20.9 Å².